The number of amides is 2. The molecule has 0 bridgehead atoms. The van der Waals surface area contributed by atoms with Gasteiger partial charge in [-0.3, -0.25) is 19.3 Å². The van der Waals surface area contributed by atoms with Gasteiger partial charge in [0, 0.05) is 19.5 Å². The number of esters is 1. The van der Waals surface area contributed by atoms with E-state index in [2.05, 4.69) is 15.4 Å². The van der Waals surface area contributed by atoms with Crippen LogP contribution in [-0.4, -0.2) is 90.5 Å². The second kappa shape index (κ2) is 12.1. The SMILES string of the molecule is CC(C)(C)OC(=O)[C@H](CCC(=O)C=[N+]=[N-])NC(=O)CNC(=O)CN1CCOCC1. The Kier molecular flexibility index (Phi) is 10.1. The van der Waals surface area contributed by atoms with Gasteiger partial charge in [-0.25, -0.2) is 4.79 Å². The molecule has 1 aliphatic heterocycles. The van der Waals surface area contributed by atoms with Crippen LogP contribution in [0.4, 0.5) is 0 Å². The van der Waals surface area contributed by atoms with Crippen molar-refractivity contribution in [3.8, 4) is 0 Å². The molecule has 0 saturated carbocycles. The summed E-state index contributed by atoms with van der Waals surface area (Å²) in [6, 6.07) is -1.08. The van der Waals surface area contributed by atoms with Crippen LogP contribution in [0.25, 0.3) is 5.53 Å². The van der Waals surface area contributed by atoms with Gasteiger partial charge in [0.15, 0.2) is 0 Å². The highest BCUT2D eigenvalue weighted by Crippen LogP contribution is 2.11. The molecular weight excluding hydrogens is 382 g/mol. The molecule has 1 atom stereocenters. The largest absolute Gasteiger partial charge is 0.458 e. The highest BCUT2D eigenvalue weighted by atomic mass is 16.6. The molecule has 1 rings (SSSR count). The molecule has 1 saturated heterocycles. The second-order valence-corrected chi connectivity index (χ2v) is 7.57. The molecular formula is C18H29N5O6. The third-order valence-electron chi connectivity index (χ3n) is 3.82. The van der Waals surface area contributed by atoms with Gasteiger partial charge in [-0.2, -0.15) is 4.79 Å². The van der Waals surface area contributed by atoms with E-state index in [1.807, 2.05) is 4.90 Å². The first kappa shape index (κ1) is 24.4. The zero-order chi connectivity index (χ0) is 21.9. The van der Waals surface area contributed by atoms with Crippen LogP contribution in [0.3, 0.4) is 0 Å². The van der Waals surface area contributed by atoms with Crippen molar-refractivity contribution in [3.63, 3.8) is 0 Å². The van der Waals surface area contributed by atoms with Gasteiger partial charge in [0.25, 0.3) is 0 Å². The van der Waals surface area contributed by atoms with Crippen LogP contribution in [0.1, 0.15) is 33.6 Å². The summed E-state index contributed by atoms with van der Waals surface area (Å²) < 4.78 is 10.5. The lowest BCUT2D eigenvalue weighted by molar-refractivity contribution is -0.158. The second-order valence-electron chi connectivity index (χ2n) is 7.57. The minimum Gasteiger partial charge on any atom is -0.458 e. The fourth-order valence-corrected chi connectivity index (χ4v) is 2.48. The molecule has 0 aromatic rings. The lowest BCUT2D eigenvalue weighted by atomic mass is 10.1. The lowest BCUT2D eigenvalue weighted by Crippen LogP contribution is -2.49. The number of carbonyl (C=O) groups excluding carboxylic acids is 4. The van der Waals surface area contributed by atoms with Crippen LogP contribution in [0.2, 0.25) is 0 Å². The average Bonchev–Trinajstić information content (AvgIpc) is 2.63. The Morgan fingerprint density at radius 3 is 2.45 bits per heavy atom. The van der Waals surface area contributed by atoms with Crippen molar-refractivity contribution in [2.45, 2.75) is 45.3 Å². The molecule has 0 unspecified atom stereocenters. The third kappa shape index (κ3) is 11.1. The minimum atomic E-state index is -1.08. The van der Waals surface area contributed by atoms with Crippen LogP contribution in [0, 0.1) is 0 Å². The zero-order valence-electron chi connectivity index (χ0n) is 17.1. The van der Waals surface area contributed by atoms with Gasteiger partial charge in [0.2, 0.25) is 17.6 Å². The first-order valence-corrected chi connectivity index (χ1v) is 9.40. The summed E-state index contributed by atoms with van der Waals surface area (Å²) in [7, 11) is 0. The van der Waals surface area contributed by atoms with Crippen LogP contribution < -0.4 is 10.6 Å². The highest BCUT2D eigenvalue weighted by molar-refractivity contribution is 6.25. The molecule has 0 aromatic carbocycles. The number of rotatable bonds is 10. The van der Waals surface area contributed by atoms with Crippen molar-refractivity contribution in [1.82, 2.24) is 15.5 Å². The van der Waals surface area contributed by atoms with Gasteiger partial charge < -0.3 is 25.6 Å². The van der Waals surface area contributed by atoms with Gasteiger partial charge in [0.1, 0.15) is 11.6 Å². The van der Waals surface area contributed by atoms with Gasteiger partial charge >= 0.3 is 12.2 Å². The zero-order valence-corrected chi connectivity index (χ0v) is 17.1. The Morgan fingerprint density at radius 1 is 1.21 bits per heavy atom. The van der Waals surface area contributed by atoms with E-state index >= 15 is 0 Å². The summed E-state index contributed by atoms with van der Waals surface area (Å²) in [5, 5.41) is 4.98. The molecule has 0 spiro atoms. The van der Waals surface area contributed by atoms with E-state index in [-0.39, 0.29) is 31.8 Å². The van der Waals surface area contributed by atoms with Crippen molar-refractivity contribution in [1.29, 1.82) is 0 Å². The van der Waals surface area contributed by atoms with Crippen molar-refractivity contribution in [3.05, 3.63) is 5.53 Å². The first-order valence-electron chi connectivity index (χ1n) is 9.40. The molecule has 0 aromatic heterocycles. The van der Waals surface area contributed by atoms with Gasteiger partial charge in [-0.15, -0.1) is 0 Å². The number of hydrogen-bond acceptors (Lipinski definition) is 7. The van der Waals surface area contributed by atoms with Crippen molar-refractivity contribution >= 4 is 29.8 Å². The van der Waals surface area contributed by atoms with E-state index in [9.17, 15) is 19.2 Å². The van der Waals surface area contributed by atoms with Crippen molar-refractivity contribution in [2.24, 2.45) is 0 Å². The molecule has 2 N–H and O–H groups in total. The van der Waals surface area contributed by atoms with Gasteiger partial charge in [-0.1, -0.05) is 0 Å². The fraction of sp³-hybridized carbons (Fsp3) is 0.722. The molecule has 2 amide bonds. The summed E-state index contributed by atoms with van der Waals surface area (Å²) in [4.78, 5) is 52.5. The Balaban J connectivity index is 2.54. The molecule has 11 nitrogen and oxygen atoms in total. The Bertz CT molecular complexity index is 648. The number of nitrogens with one attached hydrogen (secondary N) is 2. The molecule has 162 valence electrons. The fourth-order valence-electron chi connectivity index (χ4n) is 2.48. The number of ether oxygens (including phenoxy) is 2. The smallest absolute Gasteiger partial charge is 0.329 e. The predicted molar refractivity (Wildman–Crippen MR) is 102 cm³/mol. The molecule has 1 heterocycles. The van der Waals surface area contributed by atoms with Crippen LogP contribution in [-0.2, 0) is 28.7 Å². The normalized spacial score (nSPS) is 15.6. The van der Waals surface area contributed by atoms with Crippen LogP contribution in [0.15, 0.2) is 0 Å². The molecule has 0 radical (unpaired) electrons. The number of ketones is 1. The van der Waals surface area contributed by atoms with E-state index in [1.54, 1.807) is 20.8 Å². The van der Waals surface area contributed by atoms with E-state index in [4.69, 9.17) is 15.0 Å². The van der Waals surface area contributed by atoms with Crippen molar-refractivity contribution in [2.75, 3.05) is 39.4 Å². The van der Waals surface area contributed by atoms with Gasteiger partial charge in [0.05, 0.1) is 26.3 Å². The van der Waals surface area contributed by atoms with Crippen molar-refractivity contribution < 1.29 is 33.4 Å². The van der Waals surface area contributed by atoms with Crippen LogP contribution in [0.5, 0.6) is 0 Å². The summed E-state index contributed by atoms with van der Waals surface area (Å²) in [6.45, 7) is 7.29. The Hall–Kier alpha value is -2.62. The summed E-state index contributed by atoms with van der Waals surface area (Å²) in [5.41, 5.74) is 7.61. The first-order chi connectivity index (χ1) is 13.6. The molecule has 29 heavy (non-hydrogen) atoms. The van der Waals surface area contributed by atoms with Gasteiger partial charge in [-0.05, 0) is 27.2 Å². The maximum Gasteiger partial charge on any atom is 0.329 e. The summed E-state index contributed by atoms with van der Waals surface area (Å²) >= 11 is 0. The maximum atomic E-state index is 12.3. The van der Waals surface area contributed by atoms with E-state index in [1.165, 1.54) is 0 Å². The monoisotopic (exact) mass is 411 g/mol. The lowest BCUT2D eigenvalue weighted by Gasteiger charge is -2.26. The standard InChI is InChI=1S/C18H29N5O6/c1-18(2,3)29-17(27)14(5-4-13(24)10-21-19)22-15(25)11-20-16(26)12-23-6-8-28-9-7-23/h10,14H,4-9,11-12H2,1-3H3,(H,20,26)(H,22,25)/t14-/m0/s1. The maximum absolute atomic E-state index is 12.3. The minimum absolute atomic E-state index is 0.0345. The van der Waals surface area contributed by atoms with Crippen LogP contribution >= 0.6 is 0 Å². The average molecular weight is 411 g/mol. The topological polar surface area (TPSA) is 150 Å². The predicted octanol–water partition coefficient (Wildman–Crippen LogP) is -1.09. The number of nitrogens with zero attached hydrogens (tertiary/aromatic N) is 3. The number of carbonyl (C=O) groups is 4. The number of Topliss-reactive ketones (excluding diaryl/α,β-unsaturated/α-hetero) is 1. The Labute approximate surface area is 169 Å². The van der Waals surface area contributed by atoms with E-state index < -0.39 is 29.3 Å². The molecule has 1 fully saturated rings. The summed E-state index contributed by atoms with van der Waals surface area (Å²) in [5.74, 6) is -2.10. The molecule has 0 aliphatic carbocycles. The van der Waals surface area contributed by atoms with E-state index in [0.29, 0.717) is 26.3 Å². The summed E-state index contributed by atoms with van der Waals surface area (Å²) in [6.07, 6.45) is 0.560. The quantitative estimate of drug-likeness (QED) is 0.201. The number of hydrogen-bond donors (Lipinski definition) is 2. The molecule has 1 aliphatic rings. The Morgan fingerprint density at radius 2 is 1.86 bits per heavy atom. The molecule has 11 heteroatoms. The van der Waals surface area contributed by atoms with E-state index in [0.717, 1.165) is 6.21 Å². The highest BCUT2D eigenvalue weighted by Gasteiger charge is 2.27. The number of morpholine rings is 1. The third-order valence-corrected chi connectivity index (χ3v) is 3.82.